The molecular formula is C12H13ClN2O3. The standard InChI is InChI=1S/C12H13ClN2O3/c1-2-18-11(16)7-15-10-5-3-4-9(13)8(10)6-14-12(15)17/h3-5H,2,6-7H2,1H3,(H,14,17). The average molecular weight is 269 g/mol. The van der Waals surface area contributed by atoms with Crippen molar-refractivity contribution in [1.82, 2.24) is 5.32 Å². The molecule has 0 spiro atoms. The van der Waals surface area contributed by atoms with E-state index < -0.39 is 5.97 Å². The van der Waals surface area contributed by atoms with E-state index in [-0.39, 0.29) is 19.2 Å². The SMILES string of the molecule is CCOC(=O)CN1C(=O)NCc2c(Cl)cccc21. The molecule has 0 saturated carbocycles. The first kappa shape index (κ1) is 12.7. The zero-order chi connectivity index (χ0) is 13.1. The number of hydrogen-bond acceptors (Lipinski definition) is 3. The van der Waals surface area contributed by atoms with Crippen LogP contribution in [0.25, 0.3) is 0 Å². The summed E-state index contributed by atoms with van der Waals surface area (Å²) in [5.74, 6) is -0.444. The summed E-state index contributed by atoms with van der Waals surface area (Å²) in [5, 5.41) is 3.24. The molecule has 0 unspecified atom stereocenters. The predicted octanol–water partition coefficient (Wildman–Crippen LogP) is 1.93. The highest BCUT2D eigenvalue weighted by molar-refractivity contribution is 6.32. The van der Waals surface area contributed by atoms with Crippen LogP contribution in [0.1, 0.15) is 12.5 Å². The van der Waals surface area contributed by atoms with E-state index in [0.717, 1.165) is 5.56 Å². The summed E-state index contributed by atoms with van der Waals surface area (Å²) in [6.45, 7) is 2.26. The second kappa shape index (κ2) is 5.27. The molecule has 18 heavy (non-hydrogen) atoms. The van der Waals surface area contributed by atoms with Gasteiger partial charge in [-0.15, -0.1) is 0 Å². The monoisotopic (exact) mass is 268 g/mol. The predicted molar refractivity (Wildman–Crippen MR) is 67.7 cm³/mol. The van der Waals surface area contributed by atoms with Crippen molar-refractivity contribution in [2.45, 2.75) is 13.5 Å². The number of hydrogen-bond donors (Lipinski definition) is 1. The molecule has 1 aliphatic rings. The van der Waals surface area contributed by atoms with Gasteiger partial charge < -0.3 is 10.1 Å². The van der Waals surface area contributed by atoms with Gasteiger partial charge in [-0.2, -0.15) is 0 Å². The van der Waals surface area contributed by atoms with Crippen LogP contribution in [0.4, 0.5) is 10.5 Å². The number of fused-ring (bicyclic) bond motifs is 1. The van der Waals surface area contributed by atoms with Crippen LogP contribution in [0, 0.1) is 0 Å². The molecule has 0 bridgehead atoms. The fourth-order valence-corrected chi connectivity index (χ4v) is 2.07. The third kappa shape index (κ3) is 2.41. The highest BCUT2D eigenvalue weighted by Crippen LogP contribution is 2.30. The van der Waals surface area contributed by atoms with Gasteiger partial charge in [0.05, 0.1) is 12.3 Å². The van der Waals surface area contributed by atoms with E-state index >= 15 is 0 Å². The van der Waals surface area contributed by atoms with Gasteiger partial charge in [-0.05, 0) is 19.1 Å². The van der Waals surface area contributed by atoms with E-state index in [1.807, 2.05) is 0 Å². The van der Waals surface area contributed by atoms with Crippen molar-refractivity contribution in [1.29, 1.82) is 0 Å². The molecule has 0 saturated heterocycles. The summed E-state index contributed by atoms with van der Waals surface area (Å²) in [6.07, 6.45) is 0. The minimum Gasteiger partial charge on any atom is -0.465 e. The van der Waals surface area contributed by atoms with Gasteiger partial charge in [-0.3, -0.25) is 9.69 Å². The number of nitrogens with one attached hydrogen (secondary N) is 1. The molecule has 6 heteroatoms. The average Bonchev–Trinajstić information content (AvgIpc) is 2.33. The number of urea groups is 1. The molecule has 2 rings (SSSR count). The summed E-state index contributed by atoms with van der Waals surface area (Å²) in [4.78, 5) is 24.6. The summed E-state index contributed by atoms with van der Waals surface area (Å²) < 4.78 is 4.84. The molecule has 1 aromatic carbocycles. The van der Waals surface area contributed by atoms with E-state index in [1.165, 1.54) is 4.90 Å². The minimum atomic E-state index is -0.444. The molecular weight excluding hydrogens is 256 g/mol. The number of anilines is 1. The fourth-order valence-electron chi connectivity index (χ4n) is 1.84. The van der Waals surface area contributed by atoms with Crippen molar-refractivity contribution in [2.75, 3.05) is 18.1 Å². The fraction of sp³-hybridized carbons (Fsp3) is 0.333. The Kier molecular flexibility index (Phi) is 3.72. The first-order valence-corrected chi connectivity index (χ1v) is 5.99. The summed E-state index contributed by atoms with van der Waals surface area (Å²) in [6, 6.07) is 4.94. The Bertz CT molecular complexity index is 490. The first-order valence-electron chi connectivity index (χ1n) is 5.62. The molecule has 0 radical (unpaired) electrons. The van der Waals surface area contributed by atoms with Crippen LogP contribution in [0.15, 0.2) is 18.2 Å². The van der Waals surface area contributed by atoms with Gasteiger partial charge >= 0.3 is 12.0 Å². The van der Waals surface area contributed by atoms with Crippen molar-refractivity contribution < 1.29 is 14.3 Å². The molecule has 0 aromatic heterocycles. The minimum absolute atomic E-state index is 0.118. The lowest BCUT2D eigenvalue weighted by Gasteiger charge is -2.29. The molecule has 1 aliphatic heterocycles. The number of ether oxygens (including phenoxy) is 1. The van der Waals surface area contributed by atoms with Crippen molar-refractivity contribution >= 4 is 29.3 Å². The van der Waals surface area contributed by atoms with Crippen molar-refractivity contribution in [3.8, 4) is 0 Å². The summed E-state index contributed by atoms with van der Waals surface area (Å²) in [5.41, 5.74) is 1.46. The molecule has 96 valence electrons. The molecule has 1 aromatic rings. The number of rotatable bonds is 3. The molecule has 5 nitrogen and oxygen atoms in total. The van der Waals surface area contributed by atoms with E-state index in [2.05, 4.69) is 5.32 Å². The van der Waals surface area contributed by atoms with E-state index in [9.17, 15) is 9.59 Å². The van der Waals surface area contributed by atoms with Crippen molar-refractivity contribution in [2.24, 2.45) is 0 Å². The van der Waals surface area contributed by atoms with E-state index in [4.69, 9.17) is 16.3 Å². The quantitative estimate of drug-likeness (QED) is 0.852. The normalized spacial score (nSPS) is 13.9. The van der Waals surface area contributed by atoms with Gasteiger partial charge in [0.1, 0.15) is 6.54 Å². The van der Waals surface area contributed by atoms with Crippen LogP contribution >= 0.6 is 11.6 Å². The Morgan fingerprint density at radius 3 is 3.06 bits per heavy atom. The highest BCUT2D eigenvalue weighted by Gasteiger charge is 2.27. The Morgan fingerprint density at radius 1 is 1.56 bits per heavy atom. The zero-order valence-electron chi connectivity index (χ0n) is 9.90. The zero-order valence-corrected chi connectivity index (χ0v) is 10.7. The smallest absolute Gasteiger partial charge is 0.326 e. The molecule has 2 amide bonds. The number of nitrogens with zero attached hydrogens (tertiary/aromatic N) is 1. The Balaban J connectivity index is 2.28. The topological polar surface area (TPSA) is 58.6 Å². The maximum Gasteiger partial charge on any atom is 0.326 e. The van der Waals surface area contributed by atoms with Crippen molar-refractivity contribution in [3.05, 3.63) is 28.8 Å². The highest BCUT2D eigenvalue weighted by atomic mass is 35.5. The van der Waals surface area contributed by atoms with Gasteiger partial charge in [0.15, 0.2) is 0 Å². The van der Waals surface area contributed by atoms with Crippen LogP contribution in [0.5, 0.6) is 0 Å². The second-order valence-corrected chi connectivity index (χ2v) is 4.19. The third-order valence-electron chi connectivity index (χ3n) is 2.64. The van der Waals surface area contributed by atoms with Gasteiger partial charge in [0.2, 0.25) is 0 Å². The Labute approximate surface area is 110 Å². The van der Waals surface area contributed by atoms with Crippen LogP contribution < -0.4 is 10.2 Å². The van der Waals surface area contributed by atoms with Crippen LogP contribution in [0.3, 0.4) is 0 Å². The molecule has 0 atom stereocenters. The lowest BCUT2D eigenvalue weighted by Crippen LogP contribution is -2.47. The maximum atomic E-state index is 11.8. The Hall–Kier alpha value is -1.75. The first-order chi connectivity index (χ1) is 8.63. The largest absolute Gasteiger partial charge is 0.465 e. The number of amides is 2. The van der Waals surface area contributed by atoms with Crippen LogP contribution in [0.2, 0.25) is 5.02 Å². The van der Waals surface area contributed by atoms with Gasteiger partial charge in [0.25, 0.3) is 0 Å². The summed E-state index contributed by atoms with van der Waals surface area (Å²) >= 11 is 6.06. The summed E-state index contributed by atoms with van der Waals surface area (Å²) in [7, 11) is 0. The lowest BCUT2D eigenvalue weighted by molar-refractivity contribution is -0.141. The second-order valence-electron chi connectivity index (χ2n) is 3.79. The molecule has 1 N–H and O–H groups in total. The van der Waals surface area contributed by atoms with E-state index in [1.54, 1.807) is 25.1 Å². The third-order valence-corrected chi connectivity index (χ3v) is 2.99. The number of carbonyl (C=O) groups excluding carboxylic acids is 2. The number of carbonyl (C=O) groups is 2. The lowest BCUT2D eigenvalue weighted by atomic mass is 10.1. The molecule has 0 fully saturated rings. The molecule has 1 heterocycles. The number of benzene rings is 1. The van der Waals surface area contributed by atoms with Gasteiger partial charge in [-0.25, -0.2) is 4.79 Å². The van der Waals surface area contributed by atoms with Crippen molar-refractivity contribution in [3.63, 3.8) is 0 Å². The van der Waals surface area contributed by atoms with Crippen LogP contribution in [-0.2, 0) is 16.1 Å². The number of esters is 1. The van der Waals surface area contributed by atoms with Gasteiger partial charge in [-0.1, -0.05) is 17.7 Å². The maximum absolute atomic E-state index is 11.8. The molecule has 0 aliphatic carbocycles. The Morgan fingerprint density at radius 2 is 2.33 bits per heavy atom. The van der Waals surface area contributed by atoms with Gasteiger partial charge in [0, 0.05) is 17.1 Å². The van der Waals surface area contributed by atoms with E-state index in [0.29, 0.717) is 17.3 Å². The van der Waals surface area contributed by atoms with Crippen LogP contribution in [-0.4, -0.2) is 25.2 Å². The number of halogens is 1.